The first-order valence-electron chi connectivity index (χ1n) is 3.38. The fourth-order valence-electron chi connectivity index (χ4n) is 0.595. The van der Waals surface area contributed by atoms with Gasteiger partial charge in [0, 0.05) is 6.61 Å². The van der Waals surface area contributed by atoms with Crippen LogP contribution in [0.4, 0.5) is 0 Å². The van der Waals surface area contributed by atoms with E-state index in [1.54, 1.807) is 0 Å². The zero-order valence-electron chi connectivity index (χ0n) is 6.21. The molecule has 0 saturated heterocycles. The van der Waals surface area contributed by atoms with E-state index < -0.39 is 0 Å². The molecule has 62 valence electrons. The highest BCUT2D eigenvalue weighted by molar-refractivity contribution is 9.11. The third-order valence-corrected chi connectivity index (χ3v) is 2.35. The van der Waals surface area contributed by atoms with Crippen LogP contribution in [0.3, 0.4) is 0 Å². The Morgan fingerprint density at radius 3 is 2.91 bits per heavy atom. The first kappa shape index (κ1) is 9.09. The molecule has 11 heavy (non-hydrogen) atoms. The molecule has 1 aromatic heterocycles. The van der Waals surface area contributed by atoms with Crippen LogP contribution in [0.5, 0.6) is 0 Å². The predicted octanol–water partition coefficient (Wildman–Crippen LogP) is 2.23. The van der Waals surface area contributed by atoms with Crippen LogP contribution in [0.1, 0.15) is 18.4 Å². The third-order valence-electron chi connectivity index (χ3n) is 1.02. The number of halogens is 1. The molecule has 0 amide bonds. The molecule has 0 saturated carbocycles. The summed E-state index contributed by atoms with van der Waals surface area (Å²) in [5.74, 6) is 0. The Kier molecular flexibility index (Phi) is 3.96. The van der Waals surface area contributed by atoms with Crippen LogP contribution in [-0.4, -0.2) is 16.8 Å². The largest absolute Gasteiger partial charge is 0.374 e. The van der Waals surface area contributed by atoms with E-state index in [0.717, 1.165) is 22.0 Å². The molecule has 0 aliphatic carbocycles. The number of nitrogens with zero attached hydrogens (tertiary/aromatic N) is 2. The monoisotopic (exact) mass is 236 g/mol. The number of aromatic nitrogens is 2. The molecule has 0 N–H and O–H groups in total. The average molecular weight is 237 g/mol. The van der Waals surface area contributed by atoms with Crippen LogP contribution in [-0.2, 0) is 11.3 Å². The van der Waals surface area contributed by atoms with Gasteiger partial charge in [0.2, 0.25) is 0 Å². The lowest BCUT2D eigenvalue weighted by Gasteiger charge is -1.95. The summed E-state index contributed by atoms with van der Waals surface area (Å²) in [5.41, 5.74) is 0. The van der Waals surface area contributed by atoms with Gasteiger partial charge in [0.05, 0.1) is 0 Å². The molecule has 0 aliphatic rings. The molecule has 0 aliphatic heterocycles. The van der Waals surface area contributed by atoms with E-state index in [-0.39, 0.29) is 0 Å². The van der Waals surface area contributed by atoms with Gasteiger partial charge in [0.25, 0.3) is 0 Å². The van der Waals surface area contributed by atoms with Crippen molar-refractivity contribution in [3.63, 3.8) is 0 Å². The van der Waals surface area contributed by atoms with Gasteiger partial charge < -0.3 is 4.74 Å². The Morgan fingerprint density at radius 2 is 2.36 bits per heavy atom. The molecule has 0 bridgehead atoms. The second kappa shape index (κ2) is 4.79. The standard InChI is InChI=1S/C6H9BrN2OS/c1-2-3-10-4-5-8-9-6(7)11-5/h2-4H2,1H3. The summed E-state index contributed by atoms with van der Waals surface area (Å²) in [4.78, 5) is 0. The molecule has 0 unspecified atom stereocenters. The molecule has 1 rings (SSSR count). The molecule has 0 spiro atoms. The highest BCUT2D eigenvalue weighted by Gasteiger charge is 1.99. The van der Waals surface area contributed by atoms with Gasteiger partial charge in [-0.15, -0.1) is 10.2 Å². The average Bonchev–Trinajstić information content (AvgIpc) is 2.37. The Bertz CT molecular complexity index is 216. The summed E-state index contributed by atoms with van der Waals surface area (Å²) in [7, 11) is 0. The first-order chi connectivity index (χ1) is 5.33. The maximum absolute atomic E-state index is 5.27. The fourth-order valence-corrected chi connectivity index (χ4v) is 1.74. The highest BCUT2D eigenvalue weighted by Crippen LogP contribution is 2.16. The summed E-state index contributed by atoms with van der Waals surface area (Å²) in [6.07, 6.45) is 1.04. The van der Waals surface area contributed by atoms with Gasteiger partial charge in [0.1, 0.15) is 11.6 Å². The summed E-state index contributed by atoms with van der Waals surface area (Å²) < 4.78 is 6.08. The minimum Gasteiger partial charge on any atom is -0.374 e. The smallest absolute Gasteiger partial charge is 0.183 e. The maximum atomic E-state index is 5.27. The zero-order valence-corrected chi connectivity index (χ0v) is 8.61. The molecule has 0 fully saturated rings. The summed E-state index contributed by atoms with van der Waals surface area (Å²) in [5, 5.41) is 8.61. The van der Waals surface area contributed by atoms with Crippen molar-refractivity contribution in [1.82, 2.24) is 10.2 Å². The van der Waals surface area contributed by atoms with Gasteiger partial charge in [-0.3, -0.25) is 0 Å². The summed E-state index contributed by atoms with van der Waals surface area (Å²) in [6.45, 7) is 3.45. The summed E-state index contributed by atoms with van der Waals surface area (Å²) in [6, 6.07) is 0. The van der Waals surface area contributed by atoms with E-state index in [4.69, 9.17) is 4.74 Å². The Hall–Kier alpha value is -0.0000000000000000833. The van der Waals surface area contributed by atoms with E-state index >= 15 is 0 Å². The van der Waals surface area contributed by atoms with E-state index in [1.165, 1.54) is 11.3 Å². The second-order valence-electron chi connectivity index (χ2n) is 2.00. The van der Waals surface area contributed by atoms with Crippen LogP contribution >= 0.6 is 27.3 Å². The normalized spacial score (nSPS) is 10.4. The van der Waals surface area contributed by atoms with Crippen LogP contribution < -0.4 is 0 Å². The molecule has 0 radical (unpaired) electrons. The fraction of sp³-hybridized carbons (Fsp3) is 0.667. The van der Waals surface area contributed by atoms with Crippen molar-refractivity contribution in [2.75, 3.05) is 6.61 Å². The van der Waals surface area contributed by atoms with Crippen molar-refractivity contribution in [3.05, 3.63) is 8.92 Å². The molecule has 3 nitrogen and oxygen atoms in total. The van der Waals surface area contributed by atoms with Gasteiger partial charge in [-0.25, -0.2) is 0 Å². The lowest BCUT2D eigenvalue weighted by atomic mass is 10.5. The van der Waals surface area contributed by atoms with Gasteiger partial charge in [-0.2, -0.15) is 0 Å². The van der Waals surface area contributed by atoms with Crippen LogP contribution in [0.25, 0.3) is 0 Å². The number of hydrogen-bond acceptors (Lipinski definition) is 4. The minimum atomic E-state index is 0.580. The second-order valence-corrected chi connectivity index (χ2v) is 4.34. The van der Waals surface area contributed by atoms with E-state index in [9.17, 15) is 0 Å². The maximum Gasteiger partial charge on any atom is 0.183 e. The first-order valence-corrected chi connectivity index (χ1v) is 4.99. The van der Waals surface area contributed by atoms with Crippen LogP contribution in [0.15, 0.2) is 3.92 Å². The molecular formula is C6H9BrN2OS. The lowest BCUT2D eigenvalue weighted by Crippen LogP contribution is -1.92. The van der Waals surface area contributed by atoms with Crippen molar-refractivity contribution in [2.24, 2.45) is 0 Å². The van der Waals surface area contributed by atoms with E-state index in [1.807, 2.05) is 0 Å². The van der Waals surface area contributed by atoms with E-state index in [0.29, 0.717) is 6.61 Å². The van der Waals surface area contributed by atoms with Crippen LogP contribution in [0.2, 0.25) is 0 Å². The molecule has 0 aromatic carbocycles. The van der Waals surface area contributed by atoms with Gasteiger partial charge in [-0.1, -0.05) is 18.3 Å². The van der Waals surface area contributed by atoms with E-state index in [2.05, 4.69) is 33.1 Å². The predicted molar refractivity (Wildman–Crippen MR) is 47.6 cm³/mol. The number of hydrogen-bond donors (Lipinski definition) is 0. The van der Waals surface area contributed by atoms with Crippen molar-refractivity contribution < 1.29 is 4.74 Å². The van der Waals surface area contributed by atoms with Crippen molar-refractivity contribution >= 4 is 27.3 Å². The van der Waals surface area contributed by atoms with Crippen molar-refractivity contribution in [3.8, 4) is 0 Å². The quantitative estimate of drug-likeness (QED) is 0.753. The SMILES string of the molecule is CCCOCc1nnc(Br)s1. The molecule has 5 heteroatoms. The van der Waals surface area contributed by atoms with Crippen molar-refractivity contribution in [1.29, 1.82) is 0 Å². The third kappa shape index (κ3) is 3.27. The minimum absolute atomic E-state index is 0.580. The topological polar surface area (TPSA) is 35.0 Å². The van der Waals surface area contributed by atoms with Gasteiger partial charge in [-0.05, 0) is 22.4 Å². The molecule has 1 aromatic rings. The Balaban J connectivity index is 2.27. The Morgan fingerprint density at radius 1 is 1.55 bits per heavy atom. The van der Waals surface area contributed by atoms with Gasteiger partial charge >= 0.3 is 0 Å². The molecule has 0 atom stereocenters. The molecule has 1 heterocycles. The Labute approximate surface area is 77.9 Å². The molecular weight excluding hydrogens is 228 g/mol. The van der Waals surface area contributed by atoms with Crippen LogP contribution in [0, 0.1) is 0 Å². The summed E-state index contributed by atoms with van der Waals surface area (Å²) >= 11 is 4.74. The highest BCUT2D eigenvalue weighted by atomic mass is 79.9. The van der Waals surface area contributed by atoms with Crippen molar-refractivity contribution in [2.45, 2.75) is 20.0 Å². The zero-order chi connectivity index (χ0) is 8.10. The van der Waals surface area contributed by atoms with Gasteiger partial charge in [0.15, 0.2) is 3.92 Å². The lowest BCUT2D eigenvalue weighted by molar-refractivity contribution is 0.121. The number of rotatable bonds is 4. The number of ether oxygens (including phenoxy) is 1.